The fourth-order valence-corrected chi connectivity index (χ4v) is 3.05. The lowest BCUT2D eigenvalue weighted by Gasteiger charge is -2.32. The minimum Gasteiger partial charge on any atom is -0.466 e. The third-order valence-corrected chi connectivity index (χ3v) is 4.62. The van der Waals surface area contributed by atoms with Crippen LogP contribution in [0.15, 0.2) is 4.99 Å². The number of nitrogens with zero attached hydrogens (tertiary/aromatic N) is 1. The third-order valence-electron chi connectivity index (χ3n) is 4.62. The monoisotopic (exact) mass is 469 g/mol. The lowest BCUT2D eigenvalue weighted by molar-refractivity contribution is -0.149. The van der Waals surface area contributed by atoms with Gasteiger partial charge in [0.05, 0.1) is 18.6 Å². The molecule has 2 N–H and O–H groups in total. The van der Waals surface area contributed by atoms with Gasteiger partial charge in [-0.3, -0.25) is 9.79 Å². The van der Waals surface area contributed by atoms with Crippen molar-refractivity contribution in [1.82, 2.24) is 10.6 Å². The molecule has 1 aliphatic rings. The molecule has 0 aromatic carbocycles. The van der Waals surface area contributed by atoms with E-state index in [1.165, 1.54) is 0 Å². The Balaban J connectivity index is 0.00000576. The Bertz CT molecular complexity index is 416. The number of methoxy groups -OCH3 is 1. The first-order chi connectivity index (χ1) is 11.3. The van der Waals surface area contributed by atoms with Crippen LogP contribution in [0.1, 0.15) is 53.4 Å². The zero-order valence-corrected chi connectivity index (χ0v) is 18.9. The topological polar surface area (TPSA) is 72.0 Å². The van der Waals surface area contributed by atoms with Crippen molar-refractivity contribution in [2.45, 2.75) is 65.5 Å². The Morgan fingerprint density at radius 1 is 1.24 bits per heavy atom. The summed E-state index contributed by atoms with van der Waals surface area (Å²) in [5.41, 5.74) is 0.0678. The van der Waals surface area contributed by atoms with Gasteiger partial charge in [-0.1, -0.05) is 20.8 Å². The van der Waals surface area contributed by atoms with E-state index in [4.69, 9.17) is 9.47 Å². The van der Waals surface area contributed by atoms with Crippen LogP contribution >= 0.6 is 24.0 Å². The van der Waals surface area contributed by atoms with Crippen LogP contribution in [-0.4, -0.2) is 51.4 Å². The van der Waals surface area contributed by atoms with E-state index in [1.54, 1.807) is 14.2 Å². The van der Waals surface area contributed by atoms with E-state index in [9.17, 15) is 4.79 Å². The van der Waals surface area contributed by atoms with Crippen LogP contribution in [0.5, 0.6) is 0 Å². The summed E-state index contributed by atoms with van der Waals surface area (Å²) in [5, 5.41) is 6.81. The molecule has 0 bridgehead atoms. The summed E-state index contributed by atoms with van der Waals surface area (Å²) in [5.74, 6) is 0.796. The molecular weight excluding hydrogens is 433 g/mol. The maximum absolute atomic E-state index is 11.8. The van der Waals surface area contributed by atoms with Crippen molar-refractivity contribution in [3.8, 4) is 0 Å². The molecule has 7 heteroatoms. The highest BCUT2D eigenvalue weighted by Crippen LogP contribution is 2.25. The number of aliphatic imine (C=N–C) groups is 1. The zero-order valence-electron chi connectivity index (χ0n) is 16.6. The van der Waals surface area contributed by atoms with Gasteiger partial charge in [-0.25, -0.2) is 0 Å². The summed E-state index contributed by atoms with van der Waals surface area (Å²) in [6.07, 6.45) is 3.76. The Morgan fingerprint density at radius 3 is 2.28 bits per heavy atom. The number of carbonyl (C=O) groups excluding carboxylic acids is 1. The maximum Gasteiger partial charge on any atom is 0.308 e. The Morgan fingerprint density at radius 2 is 1.84 bits per heavy atom. The average Bonchev–Trinajstić information content (AvgIpc) is 2.53. The average molecular weight is 469 g/mol. The second-order valence-electron chi connectivity index (χ2n) is 7.49. The van der Waals surface area contributed by atoms with Crippen molar-refractivity contribution in [1.29, 1.82) is 0 Å². The first kappa shape index (κ1) is 24.4. The molecule has 0 radical (unpaired) electrons. The summed E-state index contributed by atoms with van der Waals surface area (Å²) in [7, 11) is 3.52. The number of esters is 1. The molecule has 0 amide bonds. The van der Waals surface area contributed by atoms with Crippen LogP contribution in [-0.2, 0) is 14.3 Å². The van der Waals surface area contributed by atoms with E-state index in [2.05, 4.69) is 36.4 Å². The van der Waals surface area contributed by atoms with Crippen molar-refractivity contribution in [2.75, 3.05) is 27.3 Å². The molecule has 0 aromatic rings. The summed E-state index contributed by atoms with van der Waals surface area (Å²) in [6.45, 7) is 9.51. The Hall–Kier alpha value is -0.570. The molecule has 1 saturated carbocycles. The van der Waals surface area contributed by atoms with Crippen molar-refractivity contribution >= 4 is 35.9 Å². The maximum atomic E-state index is 11.8. The van der Waals surface area contributed by atoms with Crippen molar-refractivity contribution in [3.05, 3.63) is 0 Å². The number of nitrogens with one attached hydrogen (secondary N) is 2. The summed E-state index contributed by atoms with van der Waals surface area (Å²) in [4.78, 5) is 16.1. The van der Waals surface area contributed by atoms with E-state index in [0.29, 0.717) is 19.2 Å². The van der Waals surface area contributed by atoms with Crippen LogP contribution in [0.2, 0.25) is 0 Å². The molecule has 1 unspecified atom stereocenters. The second-order valence-corrected chi connectivity index (χ2v) is 7.49. The van der Waals surface area contributed by atoms with E-state index in [1.807, 2.05) is 6.92 Å². The van der Waals surface area contributed by atoms with Gasteiger partial charge in [-0.2, -0.15) is 0 Å². The number of carbonyl (C=O) groups is 1. The van der Waals surface area contributed by atoms with Crippen LogP contribution in [0.25, 0.3) is 0 Å². The van der Waals surface area contributed by atoms with Gasteiger partial charge in [0, 0.05) is 26.7 Å². The van der Waals surface area contributed by atoms with Crippen molar-refractivity contribution in [2.24, 2.45) is 16.3 Å². The number of hydrogen-bond acceptors (Lipinski definition) is 4. The smallest absolute Gasteiger partial charge is 0.308 e. The van der Waals surface area contributed by atoms with E-state index >= 15 is 0 Å². The van der Waals surface area contributed by atoms with E-state index in [-0.39, 0.29) is 47.4 Å². The molecule has 0 heterocycles. The third kappa shape index (κ3) is 8.57. The van der Waals surface area contributed by atoms with Crippen LogP contribution < -0.4 is 10.6 Å². The summed E-state index contributed by atoms with van der Waals surface area (Å²) < 4.78 is 10.7. The molecular formula is C18H36IN3O3. The van der Waals surface area contributed by atoms with Gasteiger partial charge in [0.1, 0.15) is 0 Å². The fourth-order valence-electron chi connectivity index (χ4n) is 3.05. The molecule has 0 spiro atoms. The van der Waals surface area contributed by atoms with Crippen LogP contribution in [0.3, 0.4) is 0 Å². The highest BCUT2D eigenvalue weighted by atomic mass is 127. The van der Waals surface area contributed by atoms with Gasteiger partial charge in [-0.05, 0) is 38.0 Å². The first-order valence-corrected chi connectivity index (χ1v) is 8.98. The fraction of sp³-hybridized carbons (Fsp3) is 0.889. The first-order valence-electron chi connectivity index (χ1n) is 8.98. The van der Waals surface area contributed by atoms with E-state index < -0.39 is 0 Å². The highest BCUT2D eigenvalue weighted by Gasteiger charge is 2.28. The number of ether oxygens (including phenoxy) is 2. The Kier molecular flexibility index (Phi) is 11.7. The Labute approximate surface area is 169 Å². The zero-order chi connectivity index (χ0) is 18.2. The van der Waals surface area contributed by atoms with Gasteiger partial charge in [-0.15, -0.1) is 24.0 Å². The molecule has 1 fully saturated rings. The number of halogens is 1. The van der Waals surface area contributed by atoms with Gasteiger partial charge in [0.15, 0.2) is 5.96 Å². The summed E-state index contributed by atoms with van der Waals surface area (Å²) in [6, 6.07) is 0.345. The molecule has 1 atom stereocenters. The second kappa shape index (κ2) is 11.9. The molecule has 1 rings (SSSR count). The van der Waals surface area contributed by atoms with Crippen molar-refractivity contribution < 1.29 is 14.3 Å². The van der Waals surface area contributed by atoms with Gasteiger partial charge in [0.2, 0.25) is 0 Å². The van der Waals surface area contributed by atoms with Gasteiger partial charge < -0.3 is 20.1 Å². The minimum absolute atomic E-state index is 0. The lowest BCUT2D eigenvalue weighted by Crippen LogP contribution is -2.49. The van der Waals surface area contributed by atoms with Crippen LogP contribution in [0.4, 0.5) is 0 Å². The number of guanidine groups is 1. The molecule has 1 aliphatic carbocycles. The quantitative estimate of drug-likeness (QED) is 0.271. The van der Waals surface area contributed by atoms with Gasteiger partial charge in [0.25, 0.3) is 0 Å². The molecule has 0 aliphatic heterocycles. The van der Waals surface area contributed by atoms with Gasteiger partial charge >= 0.3 is 5.97 Å². The largest absolute Gasteiger partial charge is 0.466 e. The molecule has 6 nitrogen and oxygen atoms in total. The molecule has 0 saturated heterocycles. The standard InChI is InChI=1S/C18H35N3O3.HI/c1-7-24-16(22)13-8-10-14(11-9-13)21-17(19-5)20-12-15(23-6)18(2,3)4;/h13-15H,7-12H2,1-6H3,(H2,19,20,21);1H. The SMILES string of the molecule is CCOC(=O)C1CCC(NC(=NC)NCC(OC)C(C)(C)C)CC1.I. The minimum atomic E-state index is -0.0495. The number of rotatable bonds is 6. The molecule has 0 aromatic heterocycles. The molecule has 148 valence electrons. The van der Waals surface area contributed by atoms with E-state index in [0.717, 1.165) is 31.6 Å². The molecule has 25 heavy (non-hydrogen) atoms. The predicted molar refractivity (Wildman–Crippen MR) is 113 cm³/mol. The number of hydrogen-bond donors (Lipinski definition) is 2. The van der Waals surface area contributed by atoms with Crippen molar-refractivity contribution in [3.63, 3.8) is 0 Å². The highest BCUT2D eigenvalue weighted by molar-refractivity contribution is 14.0. The predicted octanol–water partition coefficient (Wildman–Crippen LogP) is 2.95. The normalized spacial score (nSPS) is 22.6. The lowest BCUT2D eigenvalue weighted by atomic mass is 9.86. The summed E-state index contributed by atoms with van der Waals surface area (Å²) >= 11 is 0. The van der Waals surface area contributed by atoms with Crippen LogP contribution in [0, 0.1) is 11.3 Å².